The Hall–Kier alpha value is -1.62. The SMILES string of the molecule is CN=C(NCC(C)c1cccs1)NC1CCN(c2ccccc2OC(F)F)C1.I. The minimum Gasteiger partial charge on any atom is -0.433 e. The van der Waals surface area contributed by atoms with E-state index in [-0.39, 0.29) is 35.8 Å². The highest BCUT2D eigenvalue weighted by Crippen LogP contribution is 2.31. The van der Waals surface area contributed by atoms with Gasteiger partial charge in [0.05, 0.1) is 5.69 Å². The van der Waals surface area contributed by atoms with Gasteiger partial charge in [-0.15, -0.1) is 35.3 Å². The minimum atomic E-state index is -2.83. The number of guanidine groups is 1. The molecule has 29 heavy (non-hydrogen) atoms. The van der Waals surface area contributed by atoms with Gasteiger partial charge in [-0.2, -0.15) is 8.78 Å². The number of benzene rings is 1. The largest absolute Gasteiger partial charge is 0.433 e. The van der Waals surface area contributed by atoms with Crippen molar-refractivity contribution in [2.75, 3.05) is 31.6 Å². The van der Waals surface area contributed by atoms with E-state index in [2.05, 4.69) is 49.7 Å². The molecule has 1 saturated heterocycles. The number of ether oxygens (including phenoxy) is 1. The molecule has 0 amide bonds. The number of thiophene rings is 1. The van der Waals surface area contributed by atoms with Crippen LogP contribution in [0.2, 0.25) is 0 Å². The van der Waals surface area contributed by atoms with Crippen molar-refractivity contribution < 1.29 is 13.5 Å². The van der Waals surface area contributed by atoms with Crippen molar-refractivity contribution in [2.24, 2.45) is 4.99 Å². The third-order valence-corrected chi connectivity index (χ3v) is 5.88. The van der Waals surface area contributed by atoms with Crippen molar-refractivity contribution in [1.82, 2.24) is 10.6 Å². The van der Waals surface area contributed by atoms with Crippen LogP contribution in [0.5, 0.6) is 5.75 Å². The van der Waals surface area contributed by atoms with Crippen molar-refractivity contribution in [3.63, 3.8) is 0 Å². The predicted molar refractivity (Wildman–Crippen MR) is 126 cm³/mol. The van der Waals surface area contributed by atoms with Crippen LogP contribution < -0.4 is 20.3 Å². The summed E-state index contributed by atoms with van der Waals surface area (Å²) in [7, 11) is 1.75. The summed E-state index contributed by atoms with van der Waals surface area (Å²) in [6, 6.07) is 11.3. The van der Waals surface area contributed by atoms with Crippen molar-refractivity contribution >= 4 is 47.0 Å². The van der Waals surface area contributed by atoms with Gasteiger partial charge in [-0.05, 0) is 30.0 Å². The Kier molecular flexibility index (Phi) is 9.41. The molecule has 160 valence electrons. The van der Waals surface area contributed by atoms with E-state index < -0.39 is 6.61 Å². The zero-order valence-corrected chi connectivity index (χ0v) is 19.6. The molecule has 0 aliphatic carbocycles. The summed E-state index contributed by atoms with van der Waals surface area (Å²) >= 11 is 1.75. The van der Waals surface area contributed by atoms with Crippen LogP contribution in [-0.2, 0) is 0 Å². The number of anilines is 1. The number of para-hydroxylation sites is 2. The Morgan fingerprint density at radius 2 is 2.10 bits per heavy atom. The van der Waals surface area contributed by atoms with Crippen LogP contribution in [0, 0.1) is 0 Å². The Bertz CT molecular complexity index is 776. The second-order valence-electron chi connectivity index (χ2n) is 6.79. The number of nitrogens with zero attached hydrogens (tertiary/aromatic N) is 2. The lowest BCUT2D eigenvalue weighted by Crippen LogP contribution is -2.45. The Morgan fingerprint density at radius 3 is 2.79 bits per heavy atom. The first-order valence-corrected chi connectivity index (χ1v) is 10.2. The van der Waals surface area contributed by atoms with Crippen LogP contribution in [0.25, 0.3) is 0 Å². The Balaban J connectivity index is 0.00000300. The molecule has 2 aromatic rings. The number of halogens is 3. The molecule has 2 N–H and O–H groups in total. The highest BCUT2D eigenvalue weighted by atomic mass is 127. The fraction of sp³-hybridized carbons (Fsp3) is 0.450. The first-order chi connectivity index (χ1) is 13.6. The maximum atomic E-state index is 12.7. The number of aliphatic imine (C=N–C) groups is 1. The van der Waals surface area contributed by atoms with E-state index in [9.17, 15) is 8.78 Å². The first kappa shape index (κ1) is 23.7. The van der Waals surface area contributed by atoms with E-state index in [0.29, 0.717) is 18.2 Å². The number of rotatable bonds is 7. The standard InChI is InChI=1S/C20H26F2N4OS.HI/c1-14(18-8-5-11-28-18)12-24-20(23-2)25-15-9-10-26(13-15)16-6-3-4-7-17(16)27-19(21)22;/h3-8,11,14-15,19H,9-10,12-13H2,1-2H3,(H2,23,24,25);1H. The van der Waals surface area contributed by atoms with Crippen molar-refractivity contribution in [1.29, 1.82) is 0 Å². The smallest absolute Gasteiger partial charge is 0.387 e. The summed E-state index contributed by atoms with van der Waals surface area (Å²) < 4.78 is 30.0. The van der Waals surface area contributed by atoms with Gasteiger partial charge in [-0.25, -0.2) is 0 Å². The summed E-state index contributed by atoms with van der Waals surface area (Å²) in [5.41, 5.74) is 0.696. The van der Waals surface area contributed by atoms with Crippen molar-refractivity contribution in [3.8, 4) is 5.75 Å². The number of hydrogen-bond donors (Lipinski definition) is 2. The Morgan fingerprint density at radius 1 is 1.31 bits per heavy atom. The molecule has 2 heterocycles. The van der Waals surface area contributed by atoms with E-state index >= 15 is 0 Å². The second kappa shape index (κ2) is 11.5. The van der Waals surface area contributed by atoms with Gasteiger partial charge in [-0.1, -0.05) is 25.1 Å². The normalized spacial score (nSPS) is 17.8. The third kappa shape index (κ3) is 6.70. The average Bonchev–Trinajstić information content (AvgIpc) is 3.37. The molecule has 1 aromatic heterocycles. The molecule has 9 heteroatoms. The maximum Gasteiger partial charge on any atom is 0.387 e. The van der Waals surface area contributed by atoms with Gasteiger partial charge < -0.3 is 20.3 Å². The van der Waals surface area contributed by atoms with Crippen LogP contribution in [0.4, 0.5) is 14.5 Å². The van der Waals surface area contributed by atoms with Crippen molar-refractivity contribution in [3.05, 3.63) is 46.7 Å². The molecule has 5 nitrogen and oxygen atoms in total. The van der Waals surface area contributed by atoms with E-state index in [0.717, 1.165) is 25.5 Å². The zero-order valence-electron chi connectivity index (χ0n) is 16.5. The second-order valence-corrected chi connectivity index (χ2v) is 7.77. The maximum absolute atomic E-state index is 12.7. The molecule has 1 aliphatic heterocycles. The highest BCUT2D eigenvalue weighted by Gasteiger charge is 2.26. The fourth-order valence-electron chi connectivity index (χ4n) is 3.32. The summed E-state index contributed by atoms with van der Waals surface area (Å²) in [4.78, 5) is 7.72. The molecule has 2 unspecified atom stereocenters. The van der Waals surface area contributed by atoms with Gasteiger partial charge in [0, 0.05) is 43.5 Å². The molecule has 1 aromatic carbocycles. The highest BCUT2D eigenvalue weighted by molar-refractivity contribution is 14.0. The lowest BCUT2D eigenvalue weighted by Gasteiger charge is -2.23. The molecular formula is C20H27F2IN4OS. The van der Waals surface area contributed by atoms with Crippen LogP contribution in [0.3, 0.4) is 0 Å². The predicted octanol–water partition coefficient (Wildman–Crippen LogP) is 4.51. The van der Waals surface area contributed by atoms with E-state index in [1.54, 1.807) is 30.5 Å². The number of alkyl halides is 2. The quantitative estimate of drug-likeness (QED) is 0.311. The lowest BCUT2D eigenvalue weighted by molar-refractivity contribution is -0.0495. The summed E-state index contributed by atoms with van der Waals surface area (Å²) in [6.07, 6.45) is 0.893. The van der Waals surface area contributed by atoms with Gasteiger partial charge >= 0.3 is 6.61 Å². The van der Waals surface area contributed by atoms with Crippen LogP contribution >= 0.6 is 35.3 Å². The lowest BCUT2D eigenvalue weighted by atomic mass is 10.1. The minimum absolute atomic E-state index is 0. The molecule has 0 spiro atoms. The van der Waals surface area contributed by atoms with Gasteiger partial charge in [0.25, 0.3) is 0 Å². The monoisotopic (exact) mass is 536 g/mol. The molecule has 1 aliphatic rings. The number of nitrogens with one attached hydrogen (secondary N) is 2. The van der Waals surface area contributed by atoms with Crippen LogP contribution in [0.15, 0.2) is 46.8 Å². The van der Waals surface area contributed by atoms with Crippen molar-refractivity contribution in [2.45, 2.75) is 31.9 Å². The molecule has 0 saturated carbocycles. The van der Waals surface area contributed by atoms with E-state index in [4.69, 9.17) is 0 Å². The molecule has 3 rings (SSSR count). The van der Waals surface area contributed by atoms with Crippen LogP contribution in [0.1, 0.15) is 24.1 Å². The Labute approximate surface area is 191 Å². The molecule has 0 radical (unpaired) electrons. The number of hydrogen-bond acceptors (Lipinski definition) is 4. The van der Waals surface area contributed by atoms with E-state index in [1.165, 1.54) is 4.88 Å². The summed E-state index contributed by atoms with van der Waals surface area (Å²) in [5, 5.41) is 8.90. The third-order valence-electron chi connectivity index (χ3n) is 4.78. The fourth-order valence-corrected chi connectivity index (χ4v) is 4.11. The summed E-state index contributed by atoms with van der Waals surface area (Å²) in [6.45, 7) is 1.62. The molecule has 1 fully saturated rings. The molecule has 0 bridgehead atoms. The molecule has 2 atom stereocenters. The molecular weight excluding hydrogens is 509 g/mol. The van der Waals surface area contributed by atoms with Gasteiger partial charge in [0.1, 0.15) is 5.75 Å². The topological polar surface area (TPSA) is 48.9 Å². The van der Waals surface area contributed by atoms with Gasteiger partial charge in [0.2, 0.25) is 0 Å². The summed E-state index contributed by atoms with van der Waals surface area (Å²) in [5.74, 6) is 1.37. The van der Waals surface area contributed by atoms with Gasteiger partial charge in [0.15, 0.2) is 5.96 Å². The first-order valence-electron chi connectivity index (χ1n) is 9.36. The zero-order chi connectivity index (χ0) is 19.9. The van der Waals surface area contributed by atoms with Gasteiger partial charge in [-0.3, -0.25) is 4.99 Å². The van der Waals surface area contributed by atoms with E-state index in [1.807, 2.05) is 12.1 Å². The van der Waals surface area contributed by atoms with Crippen LogP contribution in [-0.4, -0.2) is 45.3 Å². The average molecular weight is 536 g/mol.